The summed E-state index contributed by atoms with van der Waals surface area (Å²) in [5, 5.41) is 10.4. The van der Waals surface area contributed by atoms with E-state index >= 15 is 0 Å². The predicted octanol–water partition coefficient (Wildman–Crippen LogP) is 1.76. The van der Waals surface area contributed by atoms with Crippen molar-refractivity contribution in [3.05, 3.63) is 53.0 Å². The van der Waals surface area contributed by atoms with Crippen LogP contribution < -0.4 is 5.73 Å². The van der Waals surface area contributed by atoms with Crippen LogP contribution in [0, 0.1) is 13.8 Å². The molecule has 0 saturated heterocycles. The highest BCUT2D eigenvalue weighted by Gasteiger charge is 2.19. The van der Waals surface area contributed by atoms with Gasteiger partial charge in [-0.25, -0.2) is 4.98 Å². The van der Waals surface area contributed by atoms with Gasteiger partial charge in [-0.15, -0.1) is 0 Å². The number of aryl methyl sites for hydroxylation is 2. The molecular formula is C13H15N3O. The second kappa shape index (κ2) is 4.51. The molecule has 2 rings (SSSR count). The molecule has 0 aliphatic heterocycles. The standard InChI is InChI=1S/C13H15N3O/c1-8-5-7-16-13(14)10(8)12(17)11-9(2)4-3-6-15-11/h3-7,12,17H,1-2H3,(H2,14,16). The van der Waals surface area contributed by atoms with E-state index in [1.54, 1.807) is 12.4 Å². The van der Waals surface area contributed by atoms with E-state index in [1.165, 1.54) is 0 Å². The Hall–Kier alpha value is -1.94. The molecule has 0 aliphatic carbocycles. The van der Waals surface area contributed by atoms with E-state index in [9.17, 15) is 5.11 Å². The minimum atomic E-state index is -0.829. The predicted molar refractivity (Wildman–Crippen MR) is 66.4 cm³/mol. The molecule has 0 saturated carbocycles. The van der Waals surface area contributed by atoms with Crippen LogP contribution in [0.3, 0.4) is 0 Å². The number of aromatic nitrogens is 2. The molecule has 2 aromatic rings. The van der Waals surface area contributed by atoms with Crippen molar-refractivity contribution in [1.29, 1.82) is 0 Å². The Balaban J connectivity index is 2.51. The van der Waals surface area contributed by atoms with Crippen molar-refractivity contribution in [2.24, 2.45) is 0 Å². The van der Waals surface area contributed by atoms with E-state index in [0.717, 1.165) is 11.1 Å². The Morgan fingerprint density at radius 1 is 1.12 bits per heavy atom. The van der Waals surface area contributed by atoms with E-state index in [-0.39, 0.29) is 0 Å². The van der Waals surface area contributed by atoms with Gasteiger partial charge >= 0.3 is 0 Å². The summed E-state index contributed by atoms with van der Waals surface area (Å²) in [5.74, 6) is 0.350. The highest BCUT2D eigenvalue weighted by Crippen LogP contribution is 2.28. The summed E-state index contributed by atoms with van der Waals surface area (Å²) in [6.07, 6.45) is 2.46. The van der Waals surface area contributed by atoms with Gasteiger partial charge in [0.15, 0.2) is 0 Å². The Bertz CT molecular complexity index is 520. The third kappa shape index (κ3) is 2.12. The van der Waals surface area contributed by atoms with Gasteiger partial charge in [0.2, 0.25) is 0 Å². The SMILES string of the molecule is Cc1cccnc1C(O)c1c(C)ccnc1N. The van der Waals surface area contributed by atoms with Crippen LogP contribution in [-0.2, 0) is 0 Å². The molecule has 4 nitrogen and oxygen atoms in total. The van der Waals surface area contributed by atoms with E-state index in [0.29, 0.717) is 17.1 Å². The number of rotatable bonds is 2. The Morgan fingerprint density at radius 2 is 1.88 bits per heavy atom. The van der Waals surface area contributed by atoms with E-state index in [1.807, 2.05) is 32.0 Å². The minimum absolute atomic E-state index is 0.350. The highest BCUT2D eigenvalue weighted by molar-refractivity contribution is 5.48. The van der Waals surface area contributed by atoms with E-state index < -0.39 is 6.10 Å². The topological polar surface area (TPSA) is 72.0 Å². The molecule has 0 aromatic carbocycles. The fraction of sp³-hybridized carbons (Fsp3) is 0.231. The lowest BCUT2D eigenvalue weighted by molar-refractivity contribution is 0.214. The van der Waals surface area contributed by atoms with Gasteiger partial charge in [0.05, 0.1) is 5.69 Å². The number of nitrogens with zero attached hydrogens (tertiary/aromatic N) is 2. The number of nitrogens with two attached hydrogens (primary N) is 1. The number of aliphatic hydroxyl groups is 1. The van der Waals surface area contributed by atoms with E-state index in [4.69, 9.17) is 5.73 Å². The summed E-state index contributed by atoms with van der Waals surface area (Å²) in [6.45, 7) is 3.81. The number of anilines is 1. The maximum Gasteiger partial charge on any atom is 0.129 e. The lowest BCUT2D eigenvalue weighted by atomic mass is 9.99. The van der Waals surface area contributed by atoms with Crippen LogP contribution in [-0.4, -0.2) is 15.1 Å². The quantitative estimate of drug-likeness (QED) is 0.823. The second-order valence-electron chi connectivity index (χ2n) is 4.03. The minimum Gasteiger partial charge on any atom is -0.383 e. The zero-order valence-electron chi connectivity index (χ0n) is 9.88. The summed E-state index contributed by atoms with van der Waals surface area (Å²) < 4.78 is 0. The molecule has 0 radical (unpaired) electrons. The Labute approximate surface area is 100 Å². The molecule has 0 spiro atoms. The summed E-state index contributed by atoms with van der Waals surface area (Å²) in [4.78, 5) is 8.21. The first-order valence-electron chi connectivity index (χ1n) is 5.42. The van der Waals surface area contributed by atoms with E-state index in [2.05, 4.69) is 9.97 Å². The van der Waals surface area contributed by atoms with Gasteiger partial charge in [-0.05, 0) is 37.1 Å². The van der Waals surface area contributed by atoms with Gasteiger partial charge < -0.3 is 10.8 Å². The molecule has 0 amide bonds. The van der Waals surface area contributed by atoms with Gasteiger partial charge in [0.25, 0.3) is 0 Å². The van der Waals surface area contributed by atoms with Crippen LogP contribution in [0.4, 0.5) is 5.82 Å². The average molecular weight is 229 g/mol. The Morgan fingerprint density at radius 3 is 2.53 bits per heavy atom. The molecule has 1 atom stereocenters. The number of pyridine rings is 2. The van der Waals surface area contributed by atoms with Crippen molar-refractivity contribution < 1.29 is 5.11 Å². The lowest BCUT2D eigenvalue weighted by Crippen LogP contribution is -2.10. The third-order valence-corrected chi connectivity index (χ3v) is 2.82. The maximum absolute atomic E-state index is 10.4. The summed E-state index contributed by atoms with van der Waals surface area (Å²) in [5.41, 5.74) is 8.91. The van der Waals surface area contributed by atoms with Crippen molar-refractivity contribution in [3.63, 3.8) is 0 Å². The van der Waals surface area contributed by atoms with Gasteiger partial charge in [0.1, 0.15) is 11.9 Å². The zero-order chi connectivity index (χ0) is 12.4. The van der Waals surface area contributed by atoms with Crippen LogP contribution in [0.15, 0.2) is 30.6 Å². The molecule has 1 unspecified atom stereocenters. The Kier molecular flexibility index (Phi) is 3.06. The molecule has 0 bridgehead atoms. The fourth-order valence-electron chi connectivity index (χ4n) is 1.87. The molecule has 88 valence electrons. The smallest absolute Gasteiger partial charge is 0.129 e. The highest BCUT2D eigenvalue weighted by atomic mass is 16.3. The first-order chi connectivity index (χ1) is 8.11. The van der Waals surface area contributed by atoms with Crippen molar-refractivity contribution >= 4 is 5.82 Å². The number of hydrogen-bond acceptors (Lipinski definition) is 4. The number of nitrogen functional groups attached to an aromatic ring is 1. The molecule has 0 fully saturated rings. The van der Waals surface area contributed by atoms with Crippen LogP contribution in [0.1, 0.15) is 28.5 Å². The van der Waals surface area contributed by atoms with Crippen molar-refractivity contribution in [2.45, 2.75) is 20.0 Å². The molecule has 0 aliphatic rings. The maximum atomic E-state index is 10.4. The summed E-state index contributed by atoms with van der Waals surface area (Å²) in [7, 11) is 0. The largest absolute Gasteiger partial charge is 0.383 e. The van der Waals surface area contributed by atoms with Gasteiger partial charge in [-0.2, -0.15) is 0 Å². The normalized spacial score (nSPS) is 12.4. The molecule has 4 heteroatoms. The van der Waals surface area contributed by atoms with Crippen LogP contribution in [0.5, 0.6) is 0 Å². The van der Waals surface area contributed by atoms with Crippen LogP contribution in [0.25, 0.3) is 0 Å². The number of hydrogen-bond donors (Lipinski definition) is 2. The summed E-state index contributed by atoms with van der Waals surface area (Å²) in [6, 6.07) is 5.58. The molecule has 17 heavy (non-hydrogen) atoms. The first kappa shape index (κ1) is 11.5. The molecule has 2 aromatic heterocycles. The second-order valence-corrected chi connectivity index (χ2v) is 4.03. The van der Waals surface area contributed by atoms with Crippen LogP contribution >= 0.6 is 0 Å². The molecular weight excluding hydrogens is 214 g/mol. The van der Waals surface area contributed by atoms with Crippen molar-refractivity contribution in [1.82, 2.24) is 9.97 Å². The third-order valence-electron chi connectivity index (χ3n) is 2.82. The van der Waals surface area contributed by atoms with Crippen molar-refractivity contribution in [3.8, 4) is 0 Å². The van der Waals surface area contributed by atoms with Gasteiger partial charge in [0, 0.05) is 18.0 Å². The average Bonchev–Trinajstić information content (AvgIpc) is 2.29. The lowest BCUT2D eigenvalue weighted by Gasteiger charge is -2.16. The molecule has 3 N–H and O–H groups in total. The van der Waals surface area contributed by atoms with Crippen LogP contribution in [0.2, 0.25) is 0 Å². The monoisotopic (exact) mass is 229 g/mol. The fourth-order valence-corrected chi connectivity index (χ4v) is 1.87. The van der Waals surface area contributed by atoms with Crippen molar-refractivity contribution in [2.75, 3.05) is 5.73 Å². The molecule has 2 heterocycles. The van der Waals surface area contributed by atoms with Gasteiger partial charge in [-0.1, -0.05) is 6.07 Å². The first-order valence-corrected chi connectivity index (χ1v) is 5.42. The summed E-state index contributed by atoms with van der Waals surface area (Å²) >= 11 is 0. The van der Waals surface area contributed by atoms with Gasteiger partial charge in [-0.3, -0.25) is 4.98 Å². The number of aliphatic hydroxyl groups excluding tert-OH is 1. The zero-order valence-corrected chi connectivity index (χ0v) is 9.88.